The summed E-state index contributed by atoms with van der Waals surface area (Å²) in [7, 11) is 0. The Morgan fingerprint density at radius 2 is 2.12 bits per heavy atom. The molecule has 17 heavy (non-hydrogen) atoms. The van der Waals surface area contributed by atoms with Gasteiger partial charge in [0.15, 0.2) is 5.52 Å². The van der Waals surface area contributed by atoms with Gasteiger partial charge < -0.3 is 21.4 Å². The van der Waals surface area contributed by atoms with Crippen molar-refractivity contribution in [3.8, 4) is 0 Å². The highest BCUT2D eigenvalue weighted by Gasteiger charge is 2.23. The summed E-state index contributed by atoms with van der Waals surface area (Å²) in [6.45, 7) is 0. The Morgan fingerprint density at radius 3 is 2.76 bits per heavy atom. The topological polar surface area (TPSA) is 128 Å². The number of hydrogen-bond donors (Lipinski definition) is 3. The average molecular weight is 236 g/mol. The zero-order chi connectivity index (χ0) is 12.6. The monoisotopic (exact) mass is 236 g/mol. The van der Waals surface area contributed by atoms with Crippen LogP contribution in [0, 0.1) is 5.21 Å². The lowest BCUT2D eigenvalue weighted by Gasteiger charge is -2.07. The molecule has 0 unspecified atom stereocenters. The van der Waals surface area contributed by atoms with E-state index in [1.54, 1.807) is 12.1 Å². The molecule has 8 heteroatoms. The SMILES string of the molecule is NC(=NO)c1c(=O)n(O)c2ccccc2[n+]1[O-]. The Balaban J connectivity index is 3.02. The first-order chi connectivity index (χ1) is 8.07. The predicted octanol–water partition coefficient (Wildman–Crippen LogP) is -1.03. The van der Waals surface area contributed by atoms with Crippen LogP contribution in [0.2, 0.25) is 0 Å². The third-order valence-electron chi connectivity index (χ3n) is 2.28. The second kappa shape index (κ2) is 3.67. The Kier molecular flexibility index (Phi) is 2.32. The number of oxime groups is 1. The second-order valence-corrected chi connectivity index (χ2v) is 3.23. The lowest BCUT2D eigenvalue weighted by molar-refractivity contribution is -0.580. The van der Waals surface area contributed by atoms with Gasteiger partial charge in [0.05, 0.1) is 0 Å². The van der Waals surface area contributed by atoms with Gasteiger partial charge in [-0.3, -0.25) is 4.79 Å². The summed E-state index contributed by atoms with van der Waals surface area (Å²) >= 11 is 0. The number of hydrogen-bond acceptors (Lipinski definition) is 5. The number of benzene rings is 1. The van der Waals surface area contributed by atoms with Gasteiger partial charge in [-0.2, -0.15) is 4.73 Å². The molecular formula is C9H8N4O4. The first kappa shape index (κ1) is 10.7. The standard InChI is InChI=1S/C9H8N4O4/c10-8(11-15)7-9(14)13(17)6-4-2-1-3-5(6)12(7)16/h1-4,15,17H,(H2,10,11). The van der Waals surface area contributed by atoms with Gasteiger partial charge in [-0.1, -0.05) is 17.3 Å². The zero-order valence-corrected chi connectivity index (χ0v) is 8.44. The number of nitrogens with zero attached hydrogens (tertiary/aromatic N) is 3. The van der Waals surface area contributed by atoms with Gasteiger partial charge in [0, 0.05) is 6.07 Å². The van der Waals surface area contributed by atoms with E-state index in [1.165, 1.54) is 12.1 Å². The van der Waals surface area contributed by atoms with Gasteiger partial charge in [0.1, 0.15) is 0 Å². The van der Waals surface area contributed by atoms with Gasteiger partial charge in [-0.05, 0) is 6.07 Å². The Bertz CT molecular complexity index is 676. The third-order valence-corrected chi connectivity index (χ3v) is 2.28. The summed E-state index contributed by atoms with van der Waals surface area (Å²) in [5, 5.41) is 32.4. The molecule has 2 aromatic rings. The van der Waals surface area contributed by atoms with Crippen molar-refractivity contribution >= 4 is 16.9 Å². The van der Waals surface area contributed by atoms with Gasteiger partial charge in [-0.15, -0.1) is 4.73 Å². The Labute approximate surface area is 94.0 Å². The summed E-state index contributed by atoms with van der Waals surface area (Å²) in [4.78, 5) is 11.6. The predicted molar refractivity (Wildman–Crippen MR) is 56.9 cm³/mol. The maximum absolute atomic E-state index is 11.8. The number of para-hydroxylation sites is 2. The number of aromatic nitrogens is 2. The summed E-state index contributed by atoms with van der Waals surface area (Å²) in [5.74, 6) is -0.668. The van der Waals surface area contributed by atoms with Crippen molar-refractivity contribution in [3.63, 3.8) is 0 Å². The van der Waals surface area contributed by atoms with Crippen molar-refractivity contribution in [2.75, 3.05) is 0 Å². The largest absolute Gasteiger partial charge is 0.618 e. The van der Waals surface area contributed by atoms with E-state index in [2.05, 4.69) is 5.16 Å². The Morgan fingerprint density at radius 1 is 1.47 bits per heavy atom. The fraction of sp³-hybridized carbons (Fsp3) is 0. The van der Waals surface area contributed by atoms with Gasteiger partial charge in [-0.25, -0.2) is 0 Å². The third kappa shape index (κ3) is 1.42. The van der Waals surface area contributed by atoms with Crippen LogP contribution in [-0.2, 0) is 0 Å². The minimum absolute atomic E-state index is 0.0243. The molecule has 8 nitrogen and oxygen atoms in total. The van der Waals surface area contributed by atoms with Crippen molar-refractivity contribution in [2.24, 2.45) is 10.9 Å². The second-order valence-electron chi connectivity index (χ2n) is 3.23. The molecule has 0 bridgehead atoms. The van der Waals surface area contributed by atoms with E-state index in [1.807, 2.05) is 0 Å². The van der Waals surface area contributed by atoms with Crippen molar-refractivity contribution in [2.45, 2.75) is 0 Å². The molecule has 88 valence electrons. The first-order valence-corrected chi connectivity index (χ1v) is 4.52. The van der Waals surface area contributed by atoms with Crippen LogP contribution < -0.4 is 16.0 Å². The molecule has 0 aliphatic carbocycles. The van der Waals surface area contributed by atoms with Crippen LogP contribution in [-0.4, -0.2) is 21.0 Å². The van der Waals surface area contributed by atoms with E-state index in [9.17, 15) is 15.2 Å². The molecule has 4 N–H and O–H groups in total. The van der Waals surface area contributed by atoms with E-state index in [-0.39, 0.29) is 20.5 Å². The lowest BCUT2D eigenvalue weighted by Crippen LogP contribution is -2.47. The van der Waals surface area contributed by atoms with Crippen LogP contribution in [0.1, 0.15) is 5.69 Å². The van der Waals surface area contributed by atoms with Crippen molar-refractivity contribution in [1.82, 2.24) is 4.73 Å². The van der Waals surface area contributed by atoms with E-state index in [0.717, 1.165) is 0 Å². The molecule has 0 aliphatic heterocycles. The molecule has 0 amide bonds. The maximum Gasteiger partial charge on any atom is 0.361 e. The zero-order valence-electron chi connectivity index (χ0n) is 8.44. The van der Waals surface area contributed by atoms with Crippen LogP contribution >= 0.6 is 0 Å². The molecule has 0 atom stereocenters. The van der Waals surface area contributed by atoms with E-state index in [4.69, 9.17) is 10.9 Å². The summed E-state index contributed by atoms with van der Waals surface area (Å²) in [6.07, 6.45) is 0. The molecule has 1 heterocycles. The lowest BCUT2D eigenvalue weighted by atomic mass is 10.3. The van der Waals surface area contributed by atoms with E-state index < -0.39 is 17.1 Å². The van der Waals surface area contributed by atoms with Crippen molar-refractivity contribution in [1.29, 1.82) is 0 Å². The highest BCUT2D eigenvalue weighted by Crippen LogP contribution is 2.06. The molecule has 1 aromatic heterocycles. The van der Waals surface area contributed by atoms with Crippen LogP contribution in [0.4, 0.5) is 0 Å². The van der Waals surface area contributed by atoms with Crippen LogP contribution in [0.15, 0.2) is 34.2 Å². The molecule has 2 rings (SSSR count). The van der Waals surface area contributed by atoms with Gasteiger partial charge in [0.2, 0.25) is 11.4 Å². The number of fused-ring (bicyclic) bond motifs is 1. The summed E-state index contributed by atoms with van der Waals surface area (Å²) in [6, 6.07) is 5.89. The van der Waals surface area contributed by atoms with E-state index >= 15 is 0 Å². The summed E-state index contributed by atoms with van der Waals surface area (Å²) < 4.78 is 0.483. The highest BCUT2D eigenvalue weighted by molar-refractivity contribution is 5.94. The molecule has 0 spiro atoms. The van der Waals surface area contributed by atoms with Crippen LogP contribution in [0.3, 0.4) is 0 Å². The number of rotatable bonds is 1. The molecule has 1 aromatic carbocycles. The van der Waals surface area contributed by atoms with Crippen molar-refractivity contribution in [3.05, 3.63) is 45.5 Å². The average Bonchev–Trinajstić information content (AvgIpc) is 2.36. The molecule has 0 saturated carbocycles. The van der Waals surface area contributed by atoms with Gasteiger partial charge in [0.25, 0.3) is 0 Å². The fourth-order valence-electron chi connectivity index (χ4n) is 1.49. The minimum Gasteiger partial charge on any atom is -0.618 e. The van der Waals surface area contributed by atoms with E-state index in [0.29, 0.717) is 0 Å². The van der Waals surface area contributed by atoms with Crippen molar-refractivity contribution < 1.29 is 15.1 Å². The molecule has 0 aliphatic rings. The minimum atomic E-state index is -1.06. The molecular weight excluding hydrogens is 228 g/mol. The molecule has 0 radical (unpaired) electrons. The Hall–Kier alpha value is -2.77. The van der Waals surface area contributed by atoms with Gasteiger partial charge >= 0.3 is 11.3 Å². The first-order valence-electron chi connectivity index (χ1n) is 4.52. The molecule has 0 fully saturated rings. The highest BCUT2D eigenvalue weighted by atomic mass is 16.5. The van der Waals surface area contributed by atoms with Crippen LogP contribution in [0.5, 0.6) is 0 Å². The summed E-state index contributed by atoms with van der Waals surface area (Å²) in [5.41, 5.74) is 3.56. The quantitative estimate of drug-likeness (QED) is 0.111. The fourth-order valence-corrected chi connectivity index (χ4v) is 1.49. The maximum atomic E-state index is 11.8. The smallest absolute Gasteiger partial charge is 0.361 e. The molecule has 0 saturated heterocycles. The number of amidine groups is 1. The van der Waals surface area contributed by atoms with Crippen LogP contribution in [0.25, 0.3) is 11.0 Å². The number of nitrogens with two attached hydrogens (primary N) is 1. The normalized spacial score (nSPS) is 11.9.